The van der Waals surface area contributed by atoms with E-state index < -0.39 is 0 Å². The van der Waals surface area contributed by atoms with Crippen molar-refractivity contribution in [2.45, 2.75) is 6.92 Å². The molecular formula is C12H12ClN5O. The number of nitrogens with one attached hydrogen (secondary N) is 1. The molecule has 1 heterocycles. The number of amides is 1. The fourth-order valence-electron chi connectivity index (χ4n) is 1.54. The molecule has 19 heavy (non-hydrogen) atoms. The van der Waals surface area contributed by atoms with Crippen LogP contribution in [0.1, 0.15) is 12.5 Å². The van der Waals surface area contributed by atoms with Crippen LogP contribution in [0.3, 0.4) is 0 Å². The van der Waals surface area contributed by atoms with Gasteiger partial charge in [0.15, 0.2) is 0 Å². The minimum atomic E-state index is -0.162. The molecule has 7 heteroatoms. The highest BCUT2D eigenvalue weighted by atomic mass is 35.5. The molecule has 0 aliphatic heterocycles. The molecule has 1 aromatic heterocycles. The second-order valence-corrected chi connectivity index (χ2v) is 4.12. The predicted molar refractivity (Wildman–Crippen MR) is 71.9 cm³/mol. The van der Waals surface area contributed by atoms with Gasteiger partial charge in [-0.25, -0.2) is 0 Å². The summed E-state index contributed by atoms with van der Waals surface area (Å²) in [5.74, 6) is -0.162. The average molecular weight is 278 g/mol. The summed E-state index contributed by atoms with van der Waals surface area (Å²) >= 11 is 5.96. The van der Waals surface area contributed by atoms with Crippen LogP contribution in [0.4, 0.5) is 0 Å². The van der Waals surface area contributed by atoms with Crippen LogP contribution in [-0.2, 0) is 4.79 Å². The molecule has 0 fully saturated rings. The zero-order valence-electron chi connectivity index (χ0n) is 10.2. The number of carbonyl (C=O) groups excluding carboxylic acids is 1. The maximum atomic E-state index is 11.4. The molecule has 2 aromatic rings. The molecule has 1 amide bonds. The Morgan fingerprint density at radius 3 is 3.05 bits per heavy atom. The van der Waals surface area contributed by atoms with Crippen molar-refractivity contribution in [3.63, 3.8) is 0 Å². The van der Waals surface area contributed by atoms with Gasteiger partial charge in [-0.05, 0) is 41.6 Å². The quantitative estimate of drug-likeness (QED) is 0.859. The van der Waals surface area contributed by atoms with Gasteiger partial charge in [0, 0.05) is 23.2 Å². The number of hydrogen-bond donors (Lipinski definition) is 1. The van der Waals surface area contributed by atoms with Gasteiger partial charge in [0.2, 0.25) is 5.91 Å². The van der Waals surface area contributed by atoms with Gasteiger partial charge in [-0.15, -0.1) is 5.10 Å². The molecule has 2 rings (SSSR count). The minimum absolute atomic E-state index is 0.162. The summed E-state index contributed by atoms with van der Waals surface area (Å²) in [5, 5.41) is 14.2. The molecule has 0 atom stereocenters. The Labute approximate surface area is 115 Å². The standard InChI is InChI=1S/C12H12ClN5O/c1-2-14-12(19)6-3-9-7-10(13)4-5-11(9)18-8-15-16-17-18/h3-8H,2H2,1H3,(H,14,19)/b6-3+. The maximum absolute atomic E-state index is 11.4. The van der Waals surface area contributed by atoms with Crippen LogP contribution in [0.15, 0.2) is 30.6 Å². The molecule has 98 valence electrons. The van der Waals surface area contributed by atoms with E-state index >= 15 is 0 Å². The Kier molecular flexibility index (Phi) is 4.25. The number of carbonyl (C=O) groups is 1. The highest BCUT2D eigenvalue weighted by molar-refractivity contribution is 6.30. The van der Waals surface area contributed by atoms with Gasteiger partial charge < -0.3 is 5.32 Å². The van der Waals surface area contributed by atoms with E-state index in [2.05, 4.69) is 20.8 Å². The summed E-state index contributed by atoms with van der Waals surface area (Å²) in [4.78, 5) is 11.4. The van der Waals surface area contributed by atoms with Crippen LogP contribution >= 0.6 is 11.6 Å². The summed E-state index contributed by atoms with van der Waals surface area (Å²) in [6.45, 7) is 2.44. The lowest BCUT2D eigenvalue weighted by atomic mass is 10.1. The number of nitrogens with zero attached hydrogens (tertiary/aromatic N) is 4. The van der Waals surface area contributed by atoms with E-state index in [1.54, 1.807) is 24.3 Å². The number of halogens is 1. The smallest absolute Gasteiger partial charge is 0.243 e. The van der Waals surface area contributed by atoms with Crippen molar-refractivity contribution < 1.29 is 4.79 Å². The highest BCUT2D eigenvalue weighted by Crippen LogP contribution is 2.20. The second kappa shape index (κ2) is 6.10. The first kappa shape index (κ1) is 13.2. The van der Waals surface area contributed by atoms with Crippen molar-refractivity contribution in [3.05, 3.63) is 41.2 Å². The molecule has 0 saturated heterocycles. The molecule has 1 aromatic carbocycles. The van der Waals surface area contributed by atoms with E-state index in [4.69, 9.17) is 11.6 Å². The molecule has 0 unspecified atom stereocenters. The number of aromatic nitrogens is 4. The molecule has 0 bridgehead atoms. The Morgan fingerprint density at radius 2 is 2.37 bits per heavy atom. The molecule has 0 radical (unpaired) electrons. The van der Waals surface area contributed by atoms with Gasteiger partial charge in [-0.1, -0.05) is 11.6 Å². The molecule has 0 spiro atoms. The molecule has 0 saturated carbocycles. The lowest BCUT2D eigenvalue weighted by molar-refractivity contribution is -0.116. The maximum Gasteiger partial charge on any atom is 0.243 e. The number of hydrogen-bond acceptors (Lipinski definition) is 4. The zero-order chi connectivity index (χ0) is 13.7. The van der Waals surface area contributed by atoms with Crippen LogP contribution in [0.5, 0.6) is 0 Å². The van der Waals surface area contributed by atoms with Gasteiger partial charge in [-0.2, -0.15) is 4.68 Å². The number of benzene rings is 1. The van der Waals surface area contributed by atoms with E-state index in [1.165, 1.54) is 17.1 Å². The van der Waals surface area contributed by atoms with Gasteiger partial charge in [0.1, 0.15) is 6.33 Å². The minimum Gasteiger partial charge on any atom is -0.353 e. The Bertz CT molecular complexity index is 594. The molecular weight excluding hydrogens is 266 g/mol. The summed E-state index contributed by atoms with van der Waals surface area (Å²) in [6, 6.07) is 5.27. The fraction of sp³-hybridized carbons (Fsp3) is 0.167. The van der Waals surface area contributed by atoms with Crippen molar-refractivity contribution in [2.75, 3.05) is 6.54 Å². The summed E-state index contributed by atoms with van der Waals surface area (Å²) in [7, 11) is 0. The van der Waals surface area contributed by atoms with Gasteiger partial charge in [0.05, 0.1) is 5.69 Å². The summed E-state index contributed by atoms with van der Waals surface area (Å²) in [5.41, 5.74) is 1.50. The monoisotopic (exact) mass is 277 g/mol. The number of likely N-dealkylation sites (N-methyl/N-ethyl adjacent to an activating group) is 1. The summed E-state index contributed by atoms with van der Waals surface area (Å²) in [6.07, 6.45) is 4.60. The third-order valence-electron chi connectivity index (χ3n) is 2.35. The normalized spacial score (nSPS) is 10.8. The predicted octanol–water partition coefficient (Wildman–Crippen LogP) is 1.47. The Balaban J connectivity index is 2.33. The van der Waals surface area contributed by atoms with E-state index in [0.29, 0.717) is 11.6 Å². The van der Waals surface area contributed by atoms with Gasteiger partial charge >= 0.3 is 0 Å². The van der Waals surface area contributed by atoms with Gasteiger partial charge in [0.25, 0.3) is 0 Å². The van der Waals surface area contributed by atoms with E-state index in [-0.39, 0.29) is 5.91 Å². The van der Waals surface area contributed by atoms with Crippen molar-refractivity contribution in [3.8, 4) is 5.69 Å². The molecule has 0 aliphatic rings. The third kappa shape index (κ3) is 3.38. The van der Waals surface area contributed by atoms with E-state index in [0.717, 1.165) is 11.3 Å². The van der Waals surface area contributed by atoms with Crippen LogP contribution < -0.4 is 5.32 Å². The van der Waals surface area contributed by atoms with Crippen molar-refractivity contribution in [2.24, 2.45) is 0 Å². The molecule has 6 nitrogen and oxygen atoms in total. The first-order chi connectivity index (χ1) is 9.20. The molecule has 0 aliphatic carbocycles. The Hall–Kier alpha value is -2.21. The Morgan fingerprint density at radius 1 is 1.53 bits per heavy atom. The van der Waals surface area contributed by atoms with E-state index in [9.17, 15) is 4.79 Å². The number of rotatable bonds is 4. The summed E-state index contributed by atoms with van der Waals surface area (Å²) < 4.78 is 1.51. The van der Waals surface area contributed by atoms with Crippen LogP contribution in [-0.4, -0.2) is 32.7 Å². The average Bonchev–Trinajstić information content (AvgIpc) is 2.90. The largest absolute Gasteiger partial charge is 0.353 e. The van der Waals surface area contributed by atoms with Crippen molar-refractivity contribution in [1.29, 1.82) is 0 Å². The van der Waals surface area contributed by atoms with Crippen molar-refractivity contribution in [1.82, 2.24) is 25.5 Å². The second-order valence-electron chi connectivity index (χ2n) is 3.69. The highest BCUT2D eigenvalue weighted by Gasteiger charge is 2.05. The van der Waals surface area contributed by atoms with Crippen LogP contribution in [0.2, 0.25) is 5.02 Å². The van der Waals surface area contributed by atoms with Crippen molar-refractivity contribution >= 4 is 23.6 Å². The van der Waals surface area contributed by atoms with Crippen LogP contribution in [0, 0.1) is 0 Å². The third-order valence-corrected chi connectivity index (χ3v) is 2.59. The first-order valence-corrected chi connectivity index (χ1v) is 6.07. The fourth-order valence-corrected chi connectivity index (χ4v) is 1.72. The lowest BCUT2D eigenvalue weighted by Crippen LogP contribution is -2.19. The SMILES string of the molecule is CCNC(=O)/C=C/c1cc(Cl)ccc1-n1cnnn1. The van der Waals surface area contributed by atoms with Gasteiger partial charge in [-0.3, -0.25) is 4.79 Å². The first-order valence-electron chi connectivity index (χ1n) is 5.69. The number of tetrazole rings is 1. The molecule has 1 N–H and O–H groups in total. The van der Waals surface area contributed by atoms with Crippen LogP contribution in [0.25, 0.3) is 11.8 Å². The zero-order valence-corrected chi connectivity index (χ0v) is 11.0. The lowest BCUT2D eigenvalue weighted by Gasteiger charge is -2.05. The topological polar surface area (TPSA) is 72.7 Å². The van der Waals surface area contributed by atoms with E-state index in [1.807, 2.05) is 6.92 Å².